The van der Waals surface area contributed by atoms with Crippen molar-refractivity contribution in [2.45, 2.75) is 62.5 Å². The summed E-state index contributed by atoms with van der Waals surface area (Å²) in [7, 11) is 0. The van der Waals surface area contributed by atoms with E-state index >= 15 is 0 Å². The molecule has 0 aromatic carbocycles. The summed E-state index contributed by atoms with van der Waals surface area (Å²) < 4.78 is 21.1. The highest BCUT2D eigenvalue weighted by atomic mass is 16.7. The Kier molecular flexibility index (Phi) is 11.8. The van der Waals surface area contributed by atoms with Crippen molar-refractivity contribution in [1.29, 1.82) is 0 Å². The third kappa shape index (κ3) is 9.01. The lowest BCUT2D eigenvalue weighted by atomic mass is 10.0. The molecular formula is C19H35N3O11. The van der Waals surface area contributed by atoms with Gasteiger partial charge in [-0.05, 0) is 13.3 Å². The maximum Gasteiger partial charge on any atom is 0.234 e. The van der Waals surface area contributed by atoms with Crippen LogP contribution >= 0.6 is 0 Å². The van der Waals surface area contributed by atoms with Crippen LogP contribution in [0.4, 0.5) is 0 Å². The highest BCUT2D eigenvalue weighted by Crippen LogP contribution is 2.21. The Labute approximate surface area is 191 Å². The van der Waals surface area contributed by atoms with Gasteiger partial charge in [0, 0.05) is 13.1 Å². The number of rotatable bonds is 12. The summed E-state index contributed by atoms with van der Waals surface area (Å²) in [5, 5.41) is 56.2. The van der Waals surface area contributed by atoms with Crippen molar-refractivity contribution < 1.29 is 54.1 Å². The summed E-state index contributed by atoms with van der Waals surface area (Å²) in [6, 6.07) is 0. The number of aliphatic hydroxyl groups excluding tert-OH is 5. The highest BCUT2D eigenvalue weighted by Gasteiger charge is 2.42. The van der Waals surface area contributed by atoms with Crippen LogP contribution in [-0.4, -0.2) is 133 Å². The van der Waals surface area contributed by atoms with Gasteiger partial charge in [0.25, 0.3) is 0 Å². The summed E-state index contributed by atoms with van der Waals surface area (Å²) >= 11 is 0. The predicted octanol–water partition coefficient (Wildman–Crippen LogP) is -4.86. The van der Waals surface area contributed by atoms with Gasteiger partial charge in [-0.1, -0.05) is 0 Å². The normalized spacial score (nSPS) is 34.6. The smallest absolute Gasteiger partial charge is 0.234 e. The molecule has 0 bridgehead atoms. The topological polar surface area (TPSA) is 208 Å². The Morgan fingerprint density at radius 1 is 0.848 bits per heavy atom. The standard InChI is InChI=1S/C19H35N3O11/c1-10-14(26)16(28)17(29)19(33-10)32-7-4-22-13(25)9-20-8-12(24)21-3-6-31-18-15(27)11(23)2-5-30-18/h10-11,14-20,23,26-29H,2-9H2,1H3,(H,21,24)(H,22,25)/t10-,11+,14+,15-,16+,17-,18-,19+/m0/s1. The zero-order valence-corrected chi connectivity index (χ0v) is 18.5. The number of aliphatic hydroxyl groups is 5. The summed E-state index contributed by atoms with van der Waals surface area (Å²) in [6.07, 6.45) is -8.52. The van der Waals surface area contributed by atoms with Crippen LogP contribution in [0.5, 0.6) is 0 Å². The van der Waals surface area contributed by atoms with Crippen molar-refractivity contribution in [2.75, 3.05) is 46.0 Å². The van der Waals surface area contributed by atoms with Crippen LogP contribution in [0.2, 0.25) is 0 Å². The molecule has 2 rings (SSSR count). The largest absolute Gasteiger partial charge is 0.390 e. The van der Waals surface area contributed by atoms with Gasteiger partial charge < -0.3 is 55.1 Å². The van der Waals surface area contributed by atoms with Crippen molar-refractivity contribution in [1.82, 2.24) is 16.0 Å². The van der Waals surface area contributed by atoms with Crippen molar-refractivity contribution in [3.8, 4) is 0 Å². The van der Waals surface area contributed by atoms with Gasteiger partial charge in [0.15, 0.2) is 12.6 Å². The van der Waals surface area contributed by atoms with Crippen molar-refractivity contribution in [3.05, 3.63) is 0 Å². The monoisotopic (exact) mass is 481 g/mol. The average molecular weight is 481 g/mol. The Bertz CT molecular complexity index is 614. The summed E-state index contributed by atoms with van der Waals surface area (Å²) in [5.41, 5.74) is 0. The molecule has 0 aliphatic carbocycles. The Hall–Kier alpha value is -1.46. The van der Waals surface area contributed by atoms with E-state index in [2.05, 4.69) is 16.0 Å². The molecule has 0 aromatic rings. The maximum atomic E-state index is 11.8. The molecule has 192 valence electrons. The lowest BCUT2D eigenvalue weighted by molar-refractivity contribution is -0.292. The molecule has 8 atom stereocenters. The van der Waals surface area contributed by atoms with Crippen molar-refractivity contribution in [3.63, 3.8) is 0 Å². The van der Waals surface area contributed by atoms with Gasteiger partial charge >= 0.3 is 0 Å². The van der Waals surface area contributed by atoms with E-state index < -0.39 is 49.2 Å². The first-order valence-electron chi connectivity index (χ1n) is 10.9. The van der Waals surface area contributed by atoms with Crippen LogP contribution in [0.1, 0.15) is 13.3 Å². The SMILES string of the molecule is C[C@@H]1O[C@@H](OCCNC(=O)CNCC(=O)NCCO[C@@H]2OCC[C@@H](O)[C@@H]2O)[C@@H](O)[C@H](O)[C@@H]1O. The van der Waals surface area contributed by atoms with E-state index in [4.69, 9.17) is 18.9 Å². The first-order chi connectivity index (χ1) is 15.7. The number of hydrogen-bond donors (Lipinski definition) is 8. The second-order valence-corrected chi connectivity index (χ2v) is 7.81. The fourth-order valence-electron chi connectivity index (χ4n) is 3.20. The molecule has 14 heteroatoms. The predicted molar refractivity (Wildman–Crippen MR) is 110 cm³/mol. The minimum Gasteiger partial charge on any atom is -0.390 e. The summed E-state index contributed by atoms with van der Waals surface area (Å²) in [4.78, 5) is 23.5. The third-order valence-electron chi connectivity index (χ3n) is 5.16. The van der Waals surface area contributed by atoms with E-state index in [1.165, 1.54) is 6.92 Å². The third-order valence-corrected chi connectivity index (χ3v) is 5.16. The van der Waals surface area contributed by atoms with Crippen LogP contribution < -0.4 is 16.0 Å². The Morgan fingerprint density at radius 2 is 1.42 bits per heavy atom. The maximum absolute atomic E-state index is 11.8. The lowest BCUT2D eigenvalue weighted by Crippen LogP contribution is -2.57. The molecule has 2 aliphatic rings. The molecule has 2 aliphatic heterocycles. The van der Waals surface area contributed by atoms with Gasteiger partial charge in [-0.3, -0.25) is 14.9 Å². The van der Waals surface area contributed by atoms with Gasteiger partial charge in [0.05, 0.1) is 45.1 Å². The molecule has 33 heavy (non-hydrogen) atoms. The molecule has 8 N–H and O–H groups in total. The molecular weight excluding hydrogens is 446 g/mol. The van der Waals surface area contributed by atoms with Crippen molar-refractivity contribution >= 4 is 11.8 Å². The number of hydrogen-bond acceptors (Lipinski definition) is 12. The molecule has 2 fully saturated rings. The molecule has 0 aromatic heterocycles. The number of carbonyl (C=O) groups excluding carboxylic acids is 2. The molecule has 0 unspecified atom stereocenters. The Balaban J connectivity index is 1.47. The van der Waals surface area contributed by atoms with Crippen LogP contribution in [0, 0.1) is 0 Å². The molecule has 0 spiro atoms. The molecule has 0 radical (unpaired) electrons. The quantitative estimate of drug-likeness (QED) is 0.123. The average Bonchev–Trinajstić information content (AvgIpc) is 2.78. The molecule has 2 saturated heterocycles. The van der Waals surface area contributed by atoms with Crippen molar-refractivity contribution in [2.24, 2.45) is 0 Å². The van der Waals surface area contributed by atoms with Crippen LogP contribution in [0.15, 0.2) is 0 Å². The second-order valence-electron chi connectivity index (χ2n) is 7.81. The second kappa shape index (κ2) is 14.1. The van der Waals surface area contributed by atoms with Crippen LogP contribution in [0.3, 0.4) is 0 Å². The molecule has 2 amide bonds. The number of carbonyl (C=O) groups is 2. The van der Waals surface area contributed by atoms with Gasteiger partial charge in [-0.2, -0.15) is 0 Å². The number of ether oxygens (including phenoxy) is 4. The van der Waals surface area contributed by atoms with E-state index in [9.17, 15) is 35.1 Å². The molecule has 14 nitrogen and oxygen atoms in total. The van der Waals surface area contributed by atoms with Gasteiger partial charge in [-0.25, -0.2) is 0 Å². The summed E-state index contributed by atoms with van der Waals surface area (Å²) in [5.74, 6) is -0.746. The first kappa shape index (κ1) is 27.8. The van der Waals surface area contributed by atoms with Crippen LogP contribution in [-0.2, 0) is 28.5 Å². The van der Waals surface area contributed by atoms with E-state index in [0.29, 0.717) is 6.42 Å². The summed E-state index contributed by atoms with van der Waals surface area (Å²) in [6.45, 7) is 1.93. The van der Waals surface area contributed by atoms with Gasteiger partial charge in [0.1, 0.15) is 24.4 Å². The molecule has 0 saturated carbocycles. The van der Waals surface area contributed by atoms with Crippen LogP contribution in [0.25, 0.3) is 0 Å². The fourth-order valence-corrected chi connectivity index (χ4v) is 3.20. The lowest BCUT2D eigenvalue weighted by Gasteiger charge is -2.38. The number of nitrogens with one attached hydrogen (secondary N) is 3. The highest BCUT2D eigenvalue weighted by molar-refractivity contribution is 5.81. The van der Waals surface area contributed by atoms with E-state index in [1.807, 2.05) is 0 Å². The van der Waals surface area contributed by atoms with E-state index in [-0.39, 0.29) is 57.8 Å². The van der Waals surface area contributed by atoms with Gasteiger partial charge in [-0.15, -0.1) is 0 Å². The zero-order chi connectivity index (χ0) is 24.4. The fraction of sp³-hybridized carbons (Fsp3) is 0.895. The Morgan fingerprint density at radius 3 is 2.03 bits per heavy atom. The molecule has 2 heterocycles. The van der Waals surface area contributed by atoms with E-state index in [1.54, 1.807) is 0 Å². The first-order valence-corrected chi connectivity index (χ1v) is 10.9. The van der Waals surface area contributed by atoms with Gasteiger partial charge in [0.2, 0.25) is 11.8 Å². The van der Waals surface area contributed by atoms with E-state index in [0.717, 1.165) is 0 Å². The minimum atomic E-state index is -1.41. The minimum absolute atomic E-state index is 0.0000779. The zero-order valence-electron chi connectivity index (χ0n) is 18.5. The number of amides is 2.